The van der Waals surface area contributed by atoms with Gasteiger partial charge in [-0.15, -0.1) is 0 Å². The molecule has 5 nitrogen and oxygen atoms in total. The number of nitrogens with zero attached hydrogens (tertiary/aromatic N) is 1. The van der Waals surface area contributed by atoms with E-state index in [1.807, 2.05) is 12.1 Å². The molecule has 166 valence electrons. The highest BCUT2D eigenvalue weighted by Crippen LogP contribution is 2.20. The minimum absolute atomic E-state index is 0.145. The zero-order valence-electron chi connectivity index (χ0n) is 17.7. The summed E-state index contributed by atoms with van der Waals surface area (Å²) < 4.78 is 5.64. The summed E-state index contributed by atoms with van der Waals surface area (Å²) in [5, 5.41) is 4.29. The molecule has 1 unspecified atom stereocenters. The zero-order valence-corrected chi connectivity index (χ0v) is 19.2. The Labute approximate surface area is 193 Å². The summed E-state index contributed by atoms with van der Waals surface area (Å²) in [6, 6.07) is 13.6. The Morgan fingerprint density at radius 3 is 2.45 bits per heavy atom. The van der Waals surface area contributed by atoms with Crippen molar-refractivity contribution in [2.45, 2.75) is 57.7 Å². The Morgan fingerprint density at radius 2 is 1.77 bits per heavy atom. The third-order valence-electron chi connectivity index (χ3n) is 5.54. The normalized spacial score (nSPS) is 15.2. The SMILES string of the molecule is CC(C(=O)NC1CCCCC1)N(Cc1cccc(Cl)c1)C(=O)COc1ccc(Cl)cc1. The Hall–Kier alpha value is -2.24. The maximum absolute atomic E-state index is 13.1. The molecular formula is C24H28Cl2N2O3. The van der Waals surface area contributed by atoms with E-state index in [1.54, 1.807) is 48.2 Å². The van der Waals surface area contributed by atoms with Crippen molar-refractivity contribution in [3.63, 3.8) is 0 Å². The lowest BCUT2D eigenvalue weighted by atomic mass is 9.95. The number of rotatable bonds is 8. The van der Waals surface area contributed by atoms with Crippen molar-refractivity contribution in [1.29, 1.82) is 0 Å². The van der Waals surface area contributed by atoms with Gasteiger partial charge in [0.2, 0.25) is 5.91 Å². The molecule has 1 atom stereocenters. The van der Waals surface area contributed by atoms with Gasteiger partial charge in [-0.2, -0.15) is 0 Å². The Bertz CT molecular complexity index is 883. The molecular weight excluding hydrogens is 435 g/mol. The van der Waals surface area contributed by atoms with Crippen molar-refractivity contribution < 1.29 is 14.3 Å². The van der Waals surface area contributed by atoms with Crippen molar-refractivity contribution in [2.75, 3.05) is 6.61 Å². The molecule has 1 N–H and O–H groups in total. The van der Waals surface area contributed by atoms with Gasteiger partial charge in [-0.3, -0.25) is 9.59 Å². The van der Waals surface area contributed by atoms with Crippen LogP contribution in [0.1, 0.15) is 44.6 Å². The van der Waals surface area contributed by atoms with Crippen molar-refractivity contribution in [3.8, 4) is 5.75 Å². The van der Waals surface area contributed by atoms with E-state index in [2.05, 4.69) is 5.32 Å². The van der Waals surface area contributed by atoms with E-state index in [0.29, 0.717) is 15.8 Å². The molecule has 7 heteroatoms. The van der Waals surface area contributed by atoms with Gasteiger partial charge in [0.25, 0.3) is 5.91 Å². The number of nitrogens with one attached hydrogen (secondary N) is 1. The smallest absolute Gasteiger partial charge is 0.261 e. The first kappa shape index (κ1) is 23.4. The first-order valence-electron chi connectivity index (χ1n) is 10.6. The molecule has 1 aliphatic carbocycles. The van der Waals surface area contributed by atoms with Crippen LogP contribution in [0.3, 0.4) is 0 Å². The van der Waals surface area contributed by atoms with Crippen molar-refractivity contribution >= 4 is 35.0 Å². The molecule has 1 aliphatic rings. The van der Waals surface area contributed by atoms with Crippen LogP contribution in [0.5, 0.6) is 5.75 Å². The summed E-state index contributed by atoms with van der Waals surface area (Å²) in [5.41, 5.74) is 0.852. The molecule has 0 bridgehead atoms. The van der Waals surface area contributed by atoms with E-state index in [9.17, 15) is 9.59 Å². The summed E-state index contributed by atoms with van der Waals surface area (Å²) >= 11 is 12.0. The maximum Gasteiger partial charge on any atom is 0.261 e. The van der Waals surface area contributed by atoms with Crippen LogP contribution < -0.4 is 10.1 Å². The number of halogens is 2. The summed E-state index contributed by atoms with van der Waals surface area (Å²) in [6.45, 7) is 1.84. The molecule has 0 heterocycles. The second kappa shape index (κ2) is 11.4. The molecule has 1 fully saturated rings. The summed E-state index contributed by atoms with van der Waals surface area (Å²) in [4.78, 5) is 27.6. The fourth-order valence-corrected chi connectivity index (χ4v) is 4.08. The first-order chi connectivity index (χ1) is 14.9. The van der Waals surface area contributed by atoms with E-state index in [1.165, 1.54) is 6.42 Å². The molecule has 0 aromatic heterocycles. The minimum Gasteiger partial charge on any atom is -0.484 e. The fraction of sp³-hybridized carbons (Fsp3) is 0.417. The van der Waals surface area contributed by atoms with E-state index in [0.717, 1.165) is 31.2 Å². The van der Waals surface area contributed by atoms with E-state index in [-0.39, 0.29) is 31.0 Å². The van der Waals surface area contributed by atoms with Crippen LogP contribution in [-0.2, 0) is 16.1 Å². The summed E-state index contributed by atoms with van der Waals surface area (Å²) in [7, 11) is 0. The van der Waals surface area contributed by atoms with Gasteiger partial charge in [0.1, 0.15) is 11.8 Å². The quantitative estimate of drug-likeness (QED) is 0.583. The Kier molecular flexibility index (Phi) is 8.61. The molecule has 0 spiro atoms. The molecule has 0 radical (unpaired) electrons. The van der Waals surface area contributed by atoms with Gasteiger partial charge in [0, 0.05) is 22.6 Å². The van der Waals surface area contributed by atoms with Crippen LogP contribution in [0, 0.1) is 0 Å². The molecule has 2 aromatic carbocycles. The number of ether oxygens (including phenoxy) is 1. The Morgan fingerprint density at radius 1 is 1.06 bits per heavy atom. The second-order valence-corrected chi connectivity index (χ2v) is 8.79. The first-order valence-corrected chi connectivity index (χ1v) is 11.4. The van der Waals surface area contributed by atoms with Gasteiger partial charge < -0.3 is 15.0 Å². The molecule has 3 rings (SSSR count). The number of benzene rings is 2. The molecule has 2 aromatic rings. The number of hydrogen-bond acceptors (Lipinski definition) is 3. The third-order valence-corrected chi connectivity index (χ3v) is 6.02. The Balaban J connectivity index is 1.70. The number of carbonyl (C=O) groups is 2. The molecule has 31 heavy (non-hydrogen) atoms. The summed E-state index contributed by atoms with van der Waals surface area (Å²) in [5.74, 6) is 0.120. The minimum atomic E-state index is -0.637. The van der Waals surface area contributed by atoms with Crippen LogP contribution >= 0.6 is 23.2 Å². The highest BCUT2D eigenvalue weighted by Gasteiger charge is 2.28. The summed E-state index contributed by atoms with van der Waals surface area (Å²) in [6.07, 6.45) is 5.43. The van der Waals surface area contributed by atoms with E-state index >= 15 is 0 Å². The van der Waals surface area contributed by atoms with Crippen LogP contribution in [0.4, 0.5) is 0 Å². The molecule has 2 amide bonds. The number of carbonyl (C=O) groups excluding carboxylic acids is 2. The largest absolute Gasteiger partial charge is 0.484 e. The lowest BCUT2D eigenvalue weighted by molar-refractivity contribution is -0.142. The van der Waals surface area contributed by atoms with E-state index < -0.39 is 6.04 Å². The molecule has 0 aliphatic heterocycles. The van der Waals surface area contributed by atoms with Crippen molar-refractivity contribution in [1.82, 2.24) is 10.2 Å². The van der Waals surface area contributed by atoms with Crippen molar-refractivity contribution in [2.24, 2.45) is 0 Å². The number of hydrogen-bond donors (Lipinski definition) is 1. The van der Waals surface area contributed by atoms with Crippen LogP contribution in [0.2, 0.25) is 10.0 Å². The van der Waals surface area contributed by atoms with Crippen LogP contribution in [0.15, 0.2) is 48.5 Å². The van der Waals surface area contributed by atoms with Crippen molar-refractivity contribution in [3.05, 3.63) is 64.1 Å². The monoisotopic (exact) mass is 462 g/mol. The number of amides is 2. The van der Waals surface area contributed by atoms with Crippen LogP contribution in [-0.4, -0.2) is 35.4 Å². The highest BCUT2D eigenvalue weighted by molar-refractivity contribution is 6.30. The highest BCUT2D eigenvalue weighted by atomic mass is 35.5. The average molecular weight is 463 g/mol. The van der Waals surface area contributed by atoms with Crippen LogP contribution in [0.25, 0.3) is 0 Å². The predicted molar refractivity (Wildman–Crippen MR) is 123 cm³/mol. The van der Waals surface area contributed by atoms with Gasteiger partial charge in [-0.1, -0.05) is 54.6 Å². The van der Waals surface area contributed by atoms with E-state index in [4.69, 9.17) is 27.9 Å². The van der Waals surface area contributed by atoms with Gasteiger partial charge in [0.15, 0.2) is 6.61 Å². The zero-order chi connectivity index (χ0) is 22.2. The topological polar surface area (TPSA) is 58.6 Å². The van der Waals surface area contributed by atoms with Gasteiger partial charge >= 0.3 is 0 Å². The van der Waals surface area contributed by atoms with Gasteiger partial charge in [-0.05, 0) is 61.7 Å². The third kappa shape index (κ3) is 7.15. The average Bonchev–Trinajstić information content (AvgIpc) is 2.77. The molecule has 0 saturated heterocycles. The lowest BCUT2D eigenvalue weighted by Crippen LogP contribution is -2.51. The molecule has 1 saturated carbocycles. The van der Waals surface area contributed by atoms with Gasteiger partial charge in [0.05, 0.1) is 0 Å². The lowest BCUT2D eigenvalue weighted by Gasteiger charge is -2.31. The second-order valence-electron chi connectivity index (χ2n) is 7.91. The maximum atomic E-state index is 13.1. The van der Waals surface area contributed by atoms with Gasteiger partial charge in [-0.25, -0.2) is 0 Å². The predicted octanol–water partition coefficient (Wildman–Crippen LogP) is 5.24. The standard InChI is InChI=1S/C24H28Cl2N2O3/c1-17(24(30)27-21-8-3-2-4-9-21)28(15-18-6-5-7-20(26)14-18)23(29)16-31-22-12-10-19(25)11-13-22/h5-7,10-14,17,21H,2-4,8-9,15-16H2,1H3,(H,27,30). The fourth-order valence-electron chi connectivity index (χ4n) is 3.74.